The first-order chi connectivity index (χ1) is 14.1. The van der Waals surface area contributed by atoms with Gasteiger partial charge in [-0.2, -0.15) is 0 Å². The molecule has 1 aliphatic heterocycles. The molecule has 1 aromatic carbocycles. The van der Waals surface area contributed by atoms with Crippen LogP contribution in [-0.4, -0.2) is 32.6 Å². The summed E-state index contributed by atoms with van der Waals surface area (Å²) in [5, 5.41) is 6.22. The Kier molecular flexibility index (Phi) is 11.3. The minimum atomic E-state index is -2.40. The summed E-state index contributed by atoms with van der Waals surface area (Å²) in [5.41, 5.74) is 3.66. The van der Waals surface area contributed by atoms with E-state index in [4.69, 9.17) is 0 Å². The molecule has 5 heteroatoms. The average Bonchev–Trinajstić information content (AvgIpc) is 2.67. The first-order valence-corrected chi connectivity index (χ1v) is 11.3. The van der Waals surface area contributed by atoms with Gasteiger partial charge in [0.05, 0.1) is 0 Å². The maximum absolute atomic E-state index is 12.8. The minimum Gasteiger partial charge on any atom is -0.319 e. The van der Waals surface area contributed by atoms with Crippen LogP contribution in [0.15, 0.2) is 41.8 Å². The minimum absolute atomic E-state index is 0.0607. The maximum atomic E-state index is 12.8. The van der Waals surface area contributed by atoms with Crippen LogP contribution in [0.4, 0.5) is 8.78 Å². The van der Waals surface area contributed by atoms with Crippen LogP contribution in [0.1, 0.15) is 57.6 Å². The molecule has 1 saturated carbocycles. The van der Waals surface area contributed by atoms with Crippen LogP contribution in [0.5, 0.6) is 0 Å². The van der Waals surface area contributed by atoms with Crippen molar-refractivity contribution in [1.82, 2.24) is 10.6 Å². The molecule has 0 amide bonds. The Morgan fingerprint density at radius 2 is 1.83 bits per heavy atom. The molecule has 1 aliphatic carbocycles. The predicted molar refractivity (Wildman–Crippen MR) is 130 cm³/mol. The van der Waals surface area contributed by atoms with E-state index in [0.717, 1.165) is 22.9 Å². The lowest BCUT2D eigenvalue weighted by molar-refractivity contribution is -0.0627. The summed E-state index contributed by atoms with van der Waals surface area (Å²) in [6.45, 7) is 15.5. The lowest BCUT2D eigenvalue weighted by Crippen LogP contribution is -2.39. The number of aryl methyl sites for hydroxylation is 1. The second-order valence-electron chi connectivity index (χ2n) is 8.88. The first-order valence-electron chi connectivity index (χ1n) is 10.9. The van der Waals surface area contributed by atoms with Gasteiger partial charge in [0.2, 0.25) is 5.92 Å². The summed E-state index contributed by atoms with van der Waals surface area (Å²) < 4.78 is 25.5. The second-order valence-corrected chi connectivity index (χ2v) is 9.36. The Bertz CT molecular complexity index is 666. The molecule has 0 atom stereocenters. The van der Waals surface area contributed by atoms with E-state index in [1.54, 1.807) is 0 Å². The standard InChI is InChI=1S/C12H14S.C9H17F2N.C4H9N/c1-4-10(5-2)12-9(3)7-6-8-11(12)13;1-8(7-12-2)3-5-9(10,11)6-4-8;1-4-2-5-3-4/h4-8,13H,1H2,2-3H3;12H,3-7H2,1-2H3;4-5H,2-3H2,1H3/b10-5-;;. The highest BCUT2D eigenvalue weighted by Crippen LogP contribution is 2.42. The van der Waals surface area contributed by atoms with Crippen molar-refractivity contribution in [3.8, 4) is 0 Å². The van der Waals surface area contributed by atoms with Crippen molar-refractivity contribution in [1.29, 1.82) is 0 Å². The summed E-state index contributed by atoms with van der Waals surface area (Å²) in [6.07, 6.45) is 5.31. The third-order valence-corrected chi connectivity index (χ3v) is 6.22. The summed E-state index contributed by atoms with van der Waals surface area (Å²) >= 11 is 4.43. The molecular formula is C25H40F2N2S. The average molecular weight is 439 g/mol. The third-order valence-electron chi connectivity index (χ3n) is 5.85. The van der Waals surface area contributed by atoms with E-state index >= 15 is 0 Å². The predicted octanol–water partition coefficient (Wildman–Crippen LogP) is 6.52. The fraction of sp³-hybridized carbons (Fsp3) is 0.600. The van der Waals surface area contributed by atoms with Crippen molar-refractivity contribution in [3.63, 3.8) is 0 Å². The normalized spacial score (nSPS) is 20.1. The van der Waals surface area contributed by atoms with E-state index in [-0.39, 0.29) is 18.3 Å². The molecule has 2 nitrogen and oxygen atoms in total. The zero-order chi connectivity index (χ0) is 22.8. The van der Waals surface area contributed by atoms with E-state index in [1.807, 2.05) is 32.2 Å². The van der Waals surface area contributed by atoms with Gasteiger partial charge in [0.1, 0.15) is 0 Å². The molecule has 30 heavy (non-hydrogen) atoms. The van der Waals surface area contributed by atoms with Gasteiger partial charge in [0, 0.05) is 24.3 Å². The Morgan fingerprint density at radius 1 is 1.27 bits per heavy atom. The van der Waals surface area contributed by atoms with E-state index in [2.05, 4.69) is 62.8 Å². The molecule has 0 spiro atoms. The van der Waals surface area contributed by atoms with E-state index in [0.29, 0.717) is 12.8 Å². The Balaban J connectivity index is 0.000000245. The topological polar surface area (TPSA) is 24.1 Å². The van der Waals surface area contributed by atoms with E-state index in [9.17, 15) is 8.78 Å². The van der Waals surface area contributed by atoms with Crippen molar-refractivity contribution in [2.24, 2.45) is 11.3 Å². The number of allylic oxidation sites excluding steroid dienone is 3. The monoisotopic (exact) mass is 438 g/mol. The molecule has 3 rings (SSSR count). The molecule has 2 N–H and O–H groups in total. The van der Waals surface area contributed by atoms with Gasteiger partial charge >= 0.3 is 0 Å². The van der Waals surface area contributed by atoms with Gasteiger partial charge in [-0.1, -0.05) is 44.7 Å². The van der Waals surface area contributed by atoms with Crippen LogP contribution < -0.4 is 10.6 Å². The number of hydrogen-bond acceptors (Lipinski definition) is 3. The summed E-state index contributed by atoms with van der Waals surface area (Å²) in [6, 6.07) is 6.10. The Morgan fingerprint density at radius 3 is 2.20 bits per heavy atom. The largest absolute Gasteiger partial charge is 0.319 e. The Hall–Kier alpha value is -1.17. The number of benzene rings is 1. The van der Waals surface area contributed by atoms with Gasteiger partial charge in [0.15, 0.2) is 0 Å². The number of thiol groups is 1. The molecule has 1 heterocycles. The van der Waals surface area contributed by atoms with Crippen LogP contribution in [0, 0.1) is 18.3 Å². The maximum Gasteiger partial charge on any atom is 0.248 e. The number of nitrogens with one attached hydrogen (secondary N) is 2. The summed E-state index contributed by atoms with van der Waals surface area (Å²) in [5.74, 6) is -1.44. The van der Waals surface area contributed by atoms with Gasteiger partial charge in [-0.15, -0.1) is 12.6 Å². The van der Waals surface area contributed by atoms with Crippen LogP contribution in [0.3, 0.4) is 0 Å². The van der Waals surface area contributed by atoms with Crippen molar-refractivity contribution >= 4 is 18.2 Å². The van der Waals surface area contributed by atoms with E-state index < -0.39 is 5.92 Å². The van der Waals surface area contributed by atoms with Crippen LogP contribution in [0.25, 0.3) is 5.57 Å². The molecule has 0 aromatic heterocycles. The van der Waals surface area contributed by atoms with Crippen molar-refractivity contribution < 1.29 is 8.78 Å². The molecular weight excluding hydrogens is 398 g/mol. The van der Waals surface area contributed by atoms with Gasteiger partial charge in [0.25, 0.3) is 0 Å². The molecule has 2 fully saturated rings. The highest BCUT2D eigenvalue weighted by molar-refractivity contribution is 7.80. The molecule has 1 saturated heterocycles. The number of halogens is 2. The van der Waals surface area contributed by atoms with Crippen molar-refractivity contribution in [3.05, 3.63) is 48.1 Å². The highest BCUT2D eigenvalue weighted by Gasteiger charge is 2.40. The smallest absolute Gasteiger partial charge is 0.248 e. The SMILES string of the molecule is C=C/C(=C/C)c1c(C)cccc1S.CC1CNC1.CNCC1(C)CCC(F)(F)CC1. The fourth-order valence-corrected chi connectivity index (χ4v) is 4.04. The third kappa shape index (κ3) is 8.91. The first kappa shape index (κ1) is 26.9. The quantitative estimate of drug-likeness (QED) is 0.368. The fourth-order valence-electron chi connectivity index (χ4n) is 3.65. The molecule has 1 aromatic rings. The second kappa shape index (κ2) is 12.6. The van der Waals surface area contributed by atoms with Crippen LogP contribution >= 0.6 is 12.6 Å². The van der Waals surface area contributed by atoms with Crippen LogP contribution in [-0.2, 0) is 0 Å². The number of alkyl halides is 2. The number of rotatable bonds is 4. The highest BCUT2D eigenvalue weighted by atomic mass is 32.1. The zero-order valence-corrected chi connectivity index (χ0v) is 20.2. The van der Waals surface area contributed by atoms with Gasteiger partial charge in [-0.3, -0.25) is 0 Å². The van der Waals surface area contributed by atoms with Gasteiger partial charge < -0.3 is 10.6 Å². The van der Waals surface area contributed by atoms with Crippen LogP contribution in [0.2, 0.25) is 0 Å². The molecule has 0 radical (unpaired) electrons. The van der Waals surface area contributed by atoms with E-state index in [1.165, 1.54) is 24.2 Å². The van der Waals surface area contributed by atoms with Gasteiger partial charge in [-0.25, -0.2) is 8.78 Å². The van der Waals surface area contributed by atoms with Gasteiger partial charge in [-0.05, 0) is 80.9 Å². The molecule has 0 bridgehead atoms. The zero-order valence-electron chi connectivity index (χ0n) is 19.3. The van der Waals surface area contributed by atoms with Crippen molar-refractivity contribution in [2.75, 3.05) is 26.7 Å². The lowest BCUT2D eigenvalue weighted by atomic mass is 9.74. The molecule has 2 aliphatic rings. The number of hydrogen-bond donors (Lipinski definition) is 3. The van der Waals surface area contributed by atoms with Crippen molar-refractivity contribution in [2.45, 2.75) is 64.2 Å². The Labute approximate surface area is 188 Å². The summed E-state index contributed by atoms with van der Waals surface area (Å²) in [7, 11) is 1.87. The summed E-state index contributed by atoms with van der Waals surface area (Å²) in [4.78, 5) is 1.01. The lowest BCUT2D eigenvalue weighted by Gasteiger charge is -2.37. The molecule has 170 valence electrons. The molecule has 0 unspecified atom stereocenters.